The summed E-state index contributed by atoms with van der Waals surface area (Å²) in [5, 5.41) is 8.95. The van der Waals surface area contributed by atoms with Crippen molar-refractivity contribution in [2.45, 2.75) is 13.5 Å². The Balaban J connectivity index is 2.27. The minimum atomic E-state index is -0.907. The summed E-state index contributed by atoms with van der Waals surface area (Å²) in [4.78, 5) is 15.0. The highest BCUT2D eigenvalue weighted by molar-refractivity contribution is 5.85. The first-order valence-corrected chi connectivity index (χ1v) is 4.97. The Bertz CT molecular complexity index is 517. The monoisotopic (exact) mass is 216 g/mol. The lowest BCUT2D eigenvalue weighted by atomic mass is 10.2. The number of aromatic carboxylic acids is 1. The van der Waals surface area contributed by atoms with Crippen LogP contribution in [-0.2, 0) is 6.54 Å². The normalized spacial score (nSPS) is 10.3. The smallest absolute Gasteiger partial charge is 0.352 e. The number of nitrogens with zero attached hydrogens (tertiary/aromatic N) is 2. The average Bonchev–Trinajstić information content (AvgIpc) is 2.66. The molecule has 0 aliphatic heterocycles. The van der Waals surface area contributed by atoms with E-state index in [2.05, 4.69) is 4.98 Å². The molecule has 0 unspecified atom stereocenters. The SMILES string of the molecule is Cc1cc(Cn2cccc2C(=O)O)ccn1. The average molecular weight is 216 g/mol. The summed E-state index contributed by atoms with van der Waals surface area (Å²) in [5.74, 6) is -0.907. The molecule has 4 nitrogen and oxygen atoms in total. The number of carboxylic acids is 1. The van der Waals surface area contributed by atoms with Gasteiger partial charge < -0.3 is 9.67 Å². The van der Waals surface area contributed by atoms with Crippen LogP contribution in [0.1, 0.15) is 21.7 Å². The molecule has 0 aromatic carbocycles. The minimum absolute atomic E-state index is 0.300. The molecule has 2 aromatic rings. The van der Waals surface area contributed by atoms with Crippen molar-refractivity contribution in [3.63, 3.8) is 0 Å². The van der Waals surface area contributed by atoms with Gasteiger partial charge in [0.15, 0.2) is 0 Å². The molecule has 82 valence electrons. The quantitative estimate of drug-likeness (QED) is 0.853. The Labute approximate surface area is 93.2 Å². The zero-order valence-corrected chi connectivity index (χ0v) is 8.92. The van der Waals surface area contributed by atoms with Crippen LogP contribution in [0.4, 0.5) is 0 Å². The summed E-state index contributed by atoms with van der Waals surface area (Å²) in [7, 11) is 0. The predicted molar refractivity (Wildman–Crippen MR) is 59.5 cm³/mol. The van der Waals surface area contributed by atoms with Gasteiger partial charge >= 0.3 is 5.97 Å². The van der Waals surface area contributed by atoms with Crippen molar-refractivity contribution in [3.8, 4) is 0 Å². The Hall–Kier alpha value is -2.10. The molecule has 0 radical (unpaired) electrons. The molecule has 0 fully saturated rings. The molecular weight excluding hydrogens is 204 g/mol. The zero-order chi connectivity index (χ0) is 11.5. The first kappa shape index (κ1) is 10.4. The summed E-state index contributed by atoms with van der Waals surface area (Å²) in [6.45, 7) is 2.47. The minimum Gasteiger partial charge on any atom is -0.477 e. The lowest BCUT2D eigenvalue weighted by molar-refractivity contribution is 0.0685. The van der Waals surface area contributed by atoms with Crippen LogP contribution in [-0.4, -0.2) is 20.6 Å². The Morgan fingerprint density at radius 1 is 1.50 bits per heavy atom. The second kappa shape index (κ2) is 4.18. The van der Waals surface area contributed by atoms with Crippen molar-refractivity contribution in [1.82, 2.24) is 9.55 Å². The topological polar surface area (TPSA) is 55.1 Å². The van der Waals surface area contributed by atoms with E-state index in [1.165, 1.54) is 0 Å². The largest absolute Gasteiger partial charge is 0.477 e. The summed E-state index contributed by atoms with van der Waals surface area (Å²) in [6.07, 6.45) is 3.49. The van der Waals surface area contributed by atoms with Crippen molar-refractivity contribution in [2.75, 3.05) is 0 Å². The molecule has 16 heavy (non-hydrogen) atoms. The van der Waals surface area contributed by atoms with Crippen LogP contribution in [0.5, 0.6) is 0 Å². The van der Waals surface area contributed by atoms with Crippen LogP contribution in [0.3, 0.4) is 0 Å². The second-order valence-electron chi connectivity index (χ2n) is 3.63. The lowest BCUT2D eigenvalue weighted by Gasteiger charge is -2.06. The number of aryl methyl sites for hydroxylation is 1. The molecule has 0 saturated heterocycles. The third-order valence-electron chi connectivity index (χ3n) is 2.36. The van der Waals surface area contributed by atoms with Crippen LogP contribution >= 0.6 is 0 Å². The predicted octanol–water partition coefficient (Wildman–Crippen LogP) is 1.94. The standard InChI is InChI=1S/C12H12N2O2/c1-9-7-10(4-5-13-9)8-14-6-2-3-11(14)12(15)16/h2-7H,8H2,1H3,(H,15,16). The van der Waals surface area contributed by atoms with Crippen molar-refractivity contribution >= 4 is 5.97 Å². The summed E-state index contributed by atoms with van der Waals surface area (Å²) in [5.41, 5.74) is 2.28. The molecule has 2 heterocycles. The summed E-state index contributed by atoms with van der Waals surface area (Å²) >= 11 is 0. The van der Waals surface area contributed by atoms with Gasteiger partial charge in [0.25, 0.3) is 0 Å². The van der Waals surface area contributed by atoms with Gasteiger partial charge in [-0.1, -0.05) is 0 Å². The molecular formula is C12H12N2O2. The second-order valence-corrected chi connectivity index (χ2v) is 3.63. The van der Waals surface area contributed by atoms with Crippen molar-refractivity contribution in [2.24, 2.45) is 0 Å². The maximum Gasteiger partial charge on any atom is 0.352 e. The number of hydrogen-bond acceptors (Lipinski definition) is 2. The molecule has 0 spiro atoms. The fourth-order valence-corrected chi connectivity index (χ4v) is 1.65. The van der Waals surface area contributed by atoms with Crippen molar-refractivity contribution in [3.05, 3.63) is 53.6 Å². The van der Waals surface area contributed by atoms with Crippen LogP contribution in [0.15, 0.2) is 36.7 Å². The number of hydrogen-bond donors (Lipinski definition) is 1. The highest BCUT2D eigenvalue weighted by Gasteiger charge is 2.08. The van der Waals surface area contributed by atoms with Crippen LogP contribution in [0.2, 0.25) is 0 Å². The van der Waals surface area contributed by atoms with E-state index in [-0.39, 0.29) is 0 Å². The zero-order valence-electron chi connectivity index (χ0n) is 8.92. The molecule has 0 aliphatic rings. The van der Waals surface area contributed by atoms with Crippen LogP contribution < -0.4 is 0 Å². The van der Waals surface area contributed by atoms with Gasteiger partial charge in [0, 0.05) is 24.6 Å². The number of rotatable bonds is 3. The molecule has 2 aromatic heterocycles. The summed E-state index contributed by atoms with van der Waals surface area (Å²) < 4.78 is 1.71. The van der Waals surface area contributed by atoms with Crippen molar-refractivity contribution < 1.29 is 9.90 Å². The van der Waals surface area contributed by atoms with Crippen LogP contribution in [0.25, 0.3) is 0 Å². The molecule has 0 atom stereocenters. The number of aromatic nitrogens is 2. The van der Waals surface area contributed by atoms with Gasteiger partial charge in [-0.15, -0.1) is 0 Å². The van der Waals surface area contributed by atoms with Gasteiger partial charge in [0.1, 0.15) is 5.69 Å². The first-order chi connectivity index (χ1) is 7.66. The van der Waals surface area contributed by atoms with E-state index in [0.29, 0.717) is 12.2 Å². The first-order valence-electron chi connectivity index (χ1n) is 4.97. The number of pyridine rings is 1. The molecule has 0 aliphatic carbocycles. The molecule has 0 saturated carbocycles. The number of carbonyl (C=O) groups is 1. The van der Waals surface area contributed by atoms with Gasteiger partial charge in [-0.3, -0.25) is 4.98 Å². The lowest BCUT2D eigenvalue weighted by Crippen LogP contribution is -2.08. The number of carboxylic acid groups (broad SMARTS) is 1. The Kier molecular flexibility index (Phi) is 2.72. The van der Waals surface area contributed by atoms with E-state index in [4.69, 9.17) is 5.11 Å². The van der Waals surface area contributed by atoms with Gasteiger partial charge in [0.2, 0.25) is 0 Å². The Morgan fingerprint density at radius 2 is 2.31 bits per heavy atom. The van der Waals surface area contributed by atoms with Gasteiger partial charge in [-0.2, -0.15) is 0 Å². The van der Waals surface area contributed by atoms with E-state index >= 15 is 0 Å². The molecule has 2 rings (SSSR count). The maximum atomic E-state index is 10.9. The Morgan fingerprint density at radius 3 is 3.00 bits per heavy atom. The van der Waals surface area contributed by atoms with Crippen molar-refractivity contribution in [1.29, 1.82) is 0 Å². The fraction of sp³-hybridized carbons (Fsp3) is 0.167. The van der Waals surface area contributed by atoms with Gasteiger partial charge in [0.05, 0.1) is 0 Å². The molecule has 4 heteroatoms. The molecule has 1 N–H and O–H groups in total. The highest BCUT2D eigenvalue weighted by Crippen LogP contribution is 2.08. The summed E-state index contributed by atoms with van der Waals surface area (Å²) in [6, 6.07) is 7.16. The van der Waals surface area contributed by atoms with E-state index in [1.54, 1.807) is 29.1 Å². The van der Waals surface area contributed by atoms with Crippen LogP contribution in [0, 0.1) is 6.92 Å². The third-order valence-corrected chi connectivity index (χ3v) is 2.36. The van der Waals surface area contributed by atoms with E-state index < -0.39 is 5.97 Å². The highest BCUT2D eigenvalue weighted by atomic mass is 16.4. The molecule has 0 amide bonds. The fourth-order valence-electron chi connectivity index (χ4n) is 1.65. The maximum absolute atomic E-state index is 10.9. The van der Waals surface area contributed by atoms with Gasteiger partial charge in [-0.05, 0) is 36.8 Å². The third kappa shape index (κ3) is 2.11. The molecule has 0 bridgehead atoms. The van der Waals surface area contributed by atoms with E-state index in [0.717, 1.165) is 11.3 Å². The van der Waals surface area contributed by atoms with E-state index in [9.17, 15) is 4.79 Å². The van der Waals surface area contributed by atoms with Gasteiger partial charge in [-0.25, -0.2) is 4.79 Å². The van der Waals surface area contributed by atoms with E-state index in [1.807, 2.05) is 19.1 Å².